The molecule has 0 aliphatic rings. The minimum atomic E-state index is -0.245. The third-order valence-corrected chi connectivity index (χ3v) is 3.82. The smallest absolute Gasteiger partial charge is 0.255 e. The van der Waals surface area contributed by atoms with Gasteiger partial charge in [0.1, 0.15) is 5.75 Å². The Labute approximate surface area is 152 Å². The molecule has 0 aliphatic carbocycles. The van der Waals surface area contributed by atoms with Crippen molar-refractivity contribution in [3.05, 3.63) is 89.5 Å². The number of rotatable bonds is 5. The van der Waals surface area contributed by atoms with Crippen LogP contribution in [0, 0.1) is 18.3 Å². The molecule has 0 aromatic heterocycles. The molecule has 0 radical (unpaired) electrons. The van der Waals surface area contributed by atoms with Crippen molar-refractivity contribution in [2.45, 2.75) is 13.3 Å². The molecule has 0 aliphatic heterocycles. The van der Waals surface area contributed by atoms with Gasteiger partial charge in [-0.05, 0) is 54.4 Å². The lowest BCUT2D eigenvalue weighted by molar-refractivity contribution is 0.102. The van der Waals surface area contributed by atoms with Crippen molar-refractivity contribution in [3.63, 3.8) is 0 Å². The van der Waals surface area contributed by atoms with E-state index in [2.05, 4.69) is 11.4 Å². The molecule has 0 atom stereocenters. The molecule has 0 saturated heterocycles. The Hall–Kier alpha value is -3.58. The zero-order valence-electron chi connectivity index (χ0n) is 14.4. The van der Waals surface area contributed by atoms with Crippen molar-refractivity contribution in [2.75, 3.05) is 5.32 Å². The third-order valence-electron chi connectivity index (χ3n) is 3.82. The molecule has 0 unspecified atom stereocenters. The first-order valence-electron chi connectivity index (χ1n) is 8.26. The number of amides is 1. The Kier molecular flexibility index (Phi) is 5.31. The largest absolute Gasteiger partial charge is 0.455 e. The van der Waals surface area contributed by atoms with Crippen LogP contribution in [0.15, 0.2) is 72.8 Å². The van der Waals surface area contributed by atoms with Crippen LogP contribution in [0.2, 0.25) is 0 Å². The van der Waals surface area contributed by atoms with Gasteiger partial charge in [-0.1, -0.05) is 36.4 Å². The van der Waals surface area contributed by atoms with E-state index < -0.39 is 0 Å². The summed E-state index contributed by atoms with van der Waals surface area (Å²) in [6.45, 7) is 1.99. The van der Waals surface area contributed by atoms with E-state index in [1.807, 2.05) is 55.5 Å². The summed E-state index contributed by atoms with van der Waals surface area (Å²) in [4.78, 5) is 12.6. The first-order chi connectivity index (χ1) is 12.7. The van der Waals surface area contributed by atoms with Gasteiger partial charge in [0.2, 0.25) is 0 Å². The van der Waals surface area contributed by atoms with Gasteiger partial charge in [0.05, 0.1) is 18.2 Å². The lowest BCUT2D eigenvalue weighted by Crippen LogP contribution is -2.12. The summed E-state index contributed by atoms with van der Waals surface area (Å²) in [6.07, 6.45) is 0.272. The normalized spacial score (nSPS) is 10.0. The highest BCUT2D eigenvalue weighted by Crippen LogP contribution is 2.30. The Morgan fingerprint density at radius 3 is 2.65 bits per heavy atom. The summed E-state index contributed by atoms with van der Waals surface area (Å²) in [5.74, 6) is 1.03. The summed E-state index contributed by atoms with van der Waals surface area (Å²) >= 11 is 0. The summed E-state index contributed by atoms with van der Waals surface area (Å²) in [6, 6.07) is 24.2. The topological polar surface area (TPSA) is 62.1 Å². The van der Waals surface area contributed by atoms with Crippen LogP contribution in [0.1, 0.15) is 21.5 Å². The lowest BCUT2D eigenvalue weighted by atomic mass is 10.1. The number of benzene rings is 3. The molecule has 0 heterocycles. The first kappa shape index (κ1) is 17.2. The van der Waals surface area contributed by atoms with Gasteiger partial charge < -0.3 is 10.1 Å². The van der Waals surface area contributed by atoms with Crippen LogP contribution >= 0.6 is 0 Å². The number of hydrogen-bond donors (Lipinski definition) is 1. The van der Waals surface area contributed by atoms with Gasteiger partial charge in [-0.25, -0.2) is 0 Å². The number of nitrogens with one attached hydrogen (secondary N) is 1. The summed E-state index contributed by atoms with van der Waals surface area (Å²) in [5, 5.41) is 11.7. The van der Waals surface area contributed by atoms with E-state index in [1.54, 1.807) is 24.3 Å². The first-order valence-corrected chi connectivity index (χ1v) is 8.26. The molecule has 0 bridgehead atoms. The van der Waals surface area contributed by atoms with Crippen molar-refractivity contribution >= 4 is 11.6 Å². The van der Waals surface area contributed by atoms with Crippen LogP contribution in [-0.4, -0.2) is 5.91 Å². The van der Waals surface area contributed by atoms with Gasteiger partial charge in [-0.2, -0.15) is 5.26 Å². The highest BCUT2D eigenvalue weighted by Gasteiger charge is 2.11. The van der Waals surface area contributed by atoms with E-state index in [1.165, 1.54) is 0 Å². The molecule has 128 valence electrons. The van der Waals surface area contributed by atoms with Gasteiger partial charge in [-0.15, -0.1) is 0 Å². The Bertz CT molecular complexity index is 974. The minimum Gasteiger partial charge on any atom is -0.455 e. The fourth-order valence-corrected chi connectivity index (χ4v) is 2.57. The van der Waals surface area contributed by atoms with Crippen molar-refractivity contribution in [1.29, 1.82) is 5.26 Å². The van der Waals surface area contributed by atoms with Gasteiger partial charge in [0.25, 0.3) is 5.91 Å². The summed E-state index contributed by atoms with van der Waals surface area (Å²) in [7, 11) is 0. The molecule has 26 heavy (non-hydrogen) atoms. The van der Waals surface area contributed by atoms with Crippen LogP contribution in [-0.2, 0) is 6.42 Å². The number of anilines is 1. The zero-order valence-corrected chi connectivity index (χ0v) is 14.4. The Morgan fingerprint density at radius 1 is 1.04 bits per heavy atom. The van der Waals surface area contributed by atoms with Gasteiger partial charge in [0, 0.05) is 5.56 Å². The van der Waals surface area contributed by atoms with E-state index in [4.69, 9.17) is 10.00 Å². The molecule has 3 aromatic rings. The van der Waals surface area contributed by atoms with Crippen molar-refractivity contribution in [1.82, 2.24) is 0 Å². The Balaban J connectivity index is 1.81. The third kappa shape index (κ3) is 4.28. The van der Waals surface area contributed by atoms with E-state index in [0.717, 1.165) is 11.1 Å². The van der Waals surface area contributed by atoms with Crippen molar-refractivity contribution in [2.24, 2.45) is 0 Å². The maximum atomic E-state index is 12.6. The number of nitriles is 1. The molecule has 3 rings (SSSR count). The maximum Gasteiger partial charge on any atom is 0.255 e. The standard InChI is InChI=1S/C22H18N2O2/c1-16-6-4-9-19(14-16)26-21-11-3-2-10-20(21)24-22(25)18-8-5-7-17(15-18)12-13-23/h2-11,14-15H,12H2,1H3,(H,24,25). The molecular weight excluding hydrogens is 324 g/mol. The van der Waals surface area contributed by atoms with Crippen LogP contribution < -0.4 is 10.1 Å². The maximum absolute atomic E-state index is 12.6. The fourth-order valence-electron chi connectivity index (χ4n) is 2.57. The average Bonchev–Trinajstić information content (AvgIpc) is 2.64. The number of nitrogens with zero attached hydrogens (tertiary/aromatic N) is 1. The predicted molar refractivity (Wildman–Crippen MR) is 101 cm³/mol. The van der Waals surface area contributed by atoms with Crippen LogP contribution in [0.25, 0.3) is 0 Å². The SMILES string of the molecule is Cc1cccc(Oc2ccccc2NC(=O)c2cccc(CC#N)c2)c1. The van der Waals surface area contributed by atoms with Crippen molar-refractivity contribution < 1.29 is 9.53 Å². The number of carbonyl (C=O) groups is 1. The fraction of sp³-hybridized carbons (Fsp3) is 0.0909. The predicted octanol–water partition coefficient (Wildman–Crippen LogP) is 5.11. The molecule has 0 saturated carbocycles. The lowest BCUT2D eigenvalue weighted by Gasteiger charge is -2.13. The molecular formula is C22H18N2O2. The van der Waals surface area contributed by atoms with Crippen LogP contribution in [0.4, 0.5) is 5.69 Å². The molecule has 0 spiro atoms. The van der Waals surface area contributed by atoms with Gasteiger partial charge >= 0.3 is 0 Å². The highest BCUT2D eigenvalue weighted by atomic mass is 16.5. The second-order valence-electron chi connectivity index (χ2n) is 5.90. The monoisotopic (exact) mass is 342 g/mol. The molecule has 0 fully saturated rings. The zero-order chi connectivity index (χ0) is 18.4. The molecule has 3 aromatic carbocycles. The average molecular weight is 342 g/mol. The number of carbonyl (C=O) groups excluding carboxylic acids is 1. The van der Waals surface area contributed by atoms with Crippen LogP contribution in [0.3, 0.4) is 0 Å². The van der Waals surface area contributed by atoms with E-state index in [9.17, 15) is 4.79 Å². The van der Waals surface area contributed by atoms with Crippen LogP contribution in [0.5, 0.6) is 11.5 Å². The second-order valence-corrected chi connectivity index (χ2v) is 5.90. The number of hydrogen-bond acceptors (Lipinski definition) is 3. The molecule has 4 heteroatoms. The molecule has 4 nitrogen and oxygen atoms in total. The van der Waals surface area contributed by atoms with Crippen molar-refractivity contribution in [3.8, 4) is 17.6 Å². The summed E-state index contributed by atoms with van der Waals surface area (Å²) in [5.41, 5.74) is 3.00. The van der Waals surface area contributed by atoms with Gasteiger partial charge in [0.15, 0.2) is 5.75 Å². The minimum absolute atomic E-state index is 0.245. The number of aryl methyl sites for hydroxylation is 1. The van der Waals surface area contributed by atoms with Gasteiger partial charge in [-0.3, -0.25) is 4.79 Å². The highest BCUT2D eigenvalue weighted by molar-refractivity contribution is 6.05. The Morgan fingerprint density at radius 2 is 1.85 bits per heavy atom. The number of ether oxygens (including phenoxy) is 1. The summed E-state index contributed by atoms with van der Waals surface area (Å²) < 4.78 is 5.93. The molecule has 1 amide bonds. The van der Waals surface area contributed by atoms with E-state index in [-0.39, 0.29) is 12.3 Å². The molecule has 1 N–H and O–H groups in total. The number of para-hydroxylation sites is 2. The van der Waals surface area contributed by atoms with E-state index >= 15 is 0 Å². The quantitative estimate of drug-likeness (QED) is 0.701. The van der Waals surface area contributed by atoms with E-state index in [0.29, 0.717) is 22.7 Å². The second kappa shape index (κ2) is 8.00.